The van der Waals surface area contributed by atoms with Crippen LogP contribution in [-0.4, -0.2) is 13.1 Å². The molecule has 0 aliphatic heterocycles. The molecule has 0 heterocycles. The Morgan fingerprint density at radius 1 is 1.28 bits per heavy atom. The minimum Gasteiger partial charge on any atom is -0.317 e. The van der Waals surface area contributed by atoms with Crippen molar-refractivity contribution in [2.45, 2.75) is 58.4 Å². The summed E-state index contributed by atoms with van der Waals surface area (Å²) in [6.45, 7) is 7.00. The lowest BCUT2D eigenvalue weighted by atomic mass is 9.73. The molecule has 1 aromatic carbocycles. The van der Waals surface area contributed by atoms with Crippen LogP contribution in [0.2, 0.25) is 0 Å². The number of benzene rings is 1. The SMILES string of the molecule is CNC(CCC(C)(C)C)CC1Cc2ccccc21. The maximum Gasteiger partial charge on any atom is 0.00702 e. The summed E-state index contributed by atoms with van der Waals surface area (Å²) in [6.07, 6.45) is 5.17. The predicted octanol–water partition coefficient (Wildman–Crippen LogP) is 4.13. The normalized spacial score (nSPS) is 20.1. The summed E-state index contributed by atoms with van der Waals surface area (Å²) in [5.41, 5.74) is 3.61. The fourth-order valence-electron chi connectivity index (χ4n) is 2.90. The van der Waals surface area contributed by atoms with Crippen LogP contribution in [0.5, 0.6) is 0 Å². The molecule has 2 atom stereocenters. The molecule has 2 unspecified atom stereocenters. The van der Waals surface area contributed by atoms with Crippen LogP contribution in [-0.2, 0) is 6.42 Å². The molecule has 2 rings (SSSR count). The van der Waals surface area contributed by atoms with Gasteiger partial charge >= 0.3 is 0 Å². The molecule has 1 aromatic rings. The van der Waals surface area contributed by atoms with Crippen LogP contribution in [0.15, 0.2) is 24.3 Å². The van der Waals surface area contributed by atoms with E-state index in [9.17, 15) is 0 Å². The average molecular weight is 245 g/mol. The molecule has 0 saturated carbocycles. The highest BCUT2D eigenvalue weighted by atomic mass is 14.9. The Hall–Kier alpha value is -0.820. The minimum atomic E-state index is 0.451. The highest BCUT2D eigenvalue weighted by Crippen LogP contribution is 2.38. The van der Waals surface area contributed by atoms with Crippen LogP contribution in [0.25, 0.3) is 0 Å². The van der Waals surface area contributed by atoms with Gasteiger partial charge in [-0.3, -0.25) is 0 Å². The van der Waals surface area contributed by atoms with E-state index in [0.717, 1.165) is 5.92 Å². The molecule has 0 bridgehead atoms. The third kappa shape index (κ3) is 3.35. The van der Waals surface area contributed by atoms with Crippen LogP contribution in [0.4, 0.5) is 0 Å². The van der Waals surface area contributed by atoms with Crippen LogP contribution in [0.3, 0.4) is 0 Å². The Bertz CT molecular complexity index is 389. The van der Waals surface area contributed by atoms with Gasteiger partial charge in [0.25, 0.3) is 0 Å². The highest BCUT2D eigenvalue weighted by Gasteiger charge is 2.27. The second-order valence-corrected chi connectivity index (χ2v) is 6.92. The second kappa shape index (κ2) is 5.44. The molecule has 0 spiro atoms. The number of fused-ring (bicyclic) bond motifs is 1. The monoisotopic (exact) mass is 245 g/mol. The Labute approximate surface area is 112 Å². The molecule has 0 saturated heterocycles. The highest BCUT2D eigenvalue weighted by molar-refractivity contribution is 5.39. The van der Waals surface area contributed by atoms with Crippen LogP contribution >= 0.6 is 0 Å². The Kier molecular flexibility index (Phi) is 4.11. The summed E-state index contributed by atoms with van der Waals surface area (Å²) < 4.78 is 0. The quantitative estimate of drug-likeness (QED) is 0.822. The summed E-state index contributed by atoms with van der Waals surface area (Å²) in [7, 11) is 2.11. The summed E-state index contributed by atoms with van der Waals surface area (Å²) in [6, 6.07) is 9.58. The molecule has 1 nitrogen and oxygen atoms in total. The van der Waals surface area contributed by atoms with Gasteiger partial charge in [0.1, 0.15) is 0 Å². The van der Waals surface area contributed by atoms with Crippen molar-refractivity contribution in [2.75, 3.05) is 7.05 Å². The van der Waals surface area contributed by atoms with Gasteiger partial charge in [0, 0.05) is 6.04 Å². The lowest BCUT2D eigenvalue weighted by molar-refractivity contribution is 0.317. The topological polar surface area (TPSA) is 12.0 Å². The summed E-state index contributed by atoms with van der Waals surface area (Å²) in [4.78, 5) is 0. The van der Waals surface area contributed by atoms with E-state index >= 15 is 0 Å². The van der Waals surface area contributed by atoms with E-state index in [2.05, 4.69) is 57.4 Å². The smallest absolute Gasteiger partial charge is 0.00702 e. The Morgan fingerprint density at radius 2 is 2.00 bits per heavy atom. The first-order valence-electron chi connectivity index (χ1n) is 7.24. The van der Waals surface area contributed by atoms with Crippen molar-refractivity contribution < 1.29 is 0 Å². The lowest BCUT2D eigenvalue weighted by Gasteiger charge is -2.33. The van der Waals surface area contributed by atoms with Crippen molar-refractivity contribution in [2.24, 2.45) is 5.41 Å². The van der Waals surface area contributed by atoms with Crippen LogP contribution < -0.4 is 5.32 Å². The summed E-state index contributed by atoms with van der Waals surface area (Å²) in [5, 5.41) is 3.50. The van der Waals surface area contributed by atoms with E-state index in [4.69, 9.17) is 0 Å². The van der Waals surface area contributed by atoms with Crippen molar-refractivity contribution >= 4 is 0 Å². The van der Waals surface area contributed by atoms with E-state index in [1.54, 1.807) is 11.1 Å². The zero-order chi connectivity index (χ0) is 13.2. The molecular formula is C17H27N. The Balaban J connectivity index is 1.86. The van der Waals surface area contributed by atoms with Crippen LogP contribution in [0, 0.1) is 5.41 Å². The molecule has 1 aliphatic rings. The first-order valence-corrected chi connectivity index (χ1v) is 7.24. The lowest BCUT2D eigenvalue weighted by Crippen LogP contribution is -2.31. The van der Waals surface area contributed by atoms with Gasteiger partial charge in [0.05, 0.1) is 0 Å². The molecule has 1 N–H and O–H groups in total. The minimum absolute atomic E-state index is 0.451. The van der Waals surface area contributed by atoms with Crippen molar-refractivity contribution in [3.8, 4) is 0 Å². The van der Waals surface area contributed by atoms with E-state index in [1.807, 2.05) is 0 Å². The van der Waals surface area contributed by atoms with E-state index < -0.39 is 0 Å². The van der Waals surface area contributed by atoms with Gasteiger partial charge in [0.2, 0.25) is 0 Å². The van der Waals surface area contributed by atoms with Gasteiger partial charge in [0.15, 0.2) is 0 Å². The van der Waals surface area contributed by atoms with E-state index in [1.165, 1.54) is 25.7 Å². The molecular weight excluding hydrogens is 218 g/mol. The predicted molar refractivity (Wildman–Crippen MR) is 79.0 cm³/mol. The number of hydrogen-bond acceptors (Lipinski definition) is 1. The number of rotatable bonds is 5. The molecule has 18 heavy (non-hydrogen) atoms. The number of hydrogen-bond donors (Lipinski definition) is 1. The van der Waals surface area contributed by atoms with Crippen molar-refractivity contribution in [1.82, 2.24) is 5.32 Å². The van der Waals surface area contributed by atoms with Crippen molar-refractivity contribution in [3.63, 3.8) is 0 Å². The van der Waals surface area contributed by atoms with Gasteiger partial charge < -0.3 is 5.32 Å². The van der Waals surface area contributed by atoms with Gasteiger partial charge in [-0.2, -0.15) is 0 Å². The molecule has 0 fully saturated rings. The van der Waals surface area contributed by atoms with E-state index in [0.29, 0.717) is 11.5 Å². The molecule has 1 heteroatoms. The fraction of sp³-hybridized carbons (Fsp3) is 0.647. The molecule has 0 aromatic heterocycles. The largest absolute Gasteiger partial charge is 0.317 e. The van der Waals surface area contributed by atoms with Gasteiger partial charge in [-0.15, -0.1) is 0 Å². The zero-order valence-corrected chi connectivity index (χ0v) is 12.3. The molecule has 0 amide bonds. The van der Waals surface area contributed by atoms with Crippen molar-refractivity contribution in [3.05, 3.63) is 35.4 Å². The molecule has 100 valence electrons. The molecule has 1 aliphatic carbocycles. The summed E-state index contributed by atoms with van der Waals surface area (Å²) >= 11 is 0. The standard InChI is InChI=1S/C17H27N/c1-17(2,3)10-9-15(18-4)12-14-11-13-7-5-6-8-16(13)14/h5-8,14-15,18H,9-12H2,1-4H3. The third-order valence-electron chi connectivity index (χ3n) is 4.18. The number of nitrogens with one attached hydrogen (secondary N) is 1. The van der Waals surface area contributed by atoms with Crippen molar-refractivity contribution in [1.29, 1.82) is 0 Å². The zero-order valence-electron chi connectivity index (χ0n) is 12.3. The first kappa shape index (κ1) is 13.6. The molecule has 0 radical (unpaired) electrons. The first-order chi connectivity index (χ1) is 8.49. The fourth-order valence-corrected chi connectivity index (χ4v) is 2.90. The second-order valence-electron chi connectivity index (χ2n) is 6.92. The maximum atomic E-state index is 3.50. The average Bonchev–Trinajstić information content (AvgIpc) is 2.28. The third-order valence-corrected chi connectivity index (χ3v) is 4.18. The maximum absolute atomic E-state index is 3.50. The van der Waals surface area contributed by atoms with Gasteiger partial charge in [-0.1, -0.05) is 45.0 Å². The van der Waals surface area contributed by atoms with Crippen LogP contribution in [0.1, 0.15) is 57.1 Å². The van der Waals surface area contributed by atoms with E-state index in [-0.39, 0.29) is 0 Å². The van der Waals surface area contributed by atoms with Gasteiger partial charge in [-0.05, 0) is 55.2 Å². The Morgan fingerprint density at radius 3 is 2.61 bits per heavy atom. The van der Waals surface area contributed by atoms with Gasteiger partial charge in [-0.25, -0.2) is 0 Å². The summed E-state index contributed by atoms with van der Waals surface area (Å²) in [5.74, 6) is 0.790.